The van der Waals surface area contributed by atoms with Gasteiger partial charge in [-0.1, -0.05) is 70.2 Å². The fourth-order valence-electron chi connectivity index (χ4n) is 2.92. The van der Waals surface area contributed by atoms with Crippen LogP contribution in [-0.4, -0.2) is 19.1 Å². The topological polar surface area (TPSA) is 58.5 Å². The molecule has 1 aliphatic heterocycles. The number of rotatable bonds is 1. The van der Waals surface area contributed by atoms with Gasteiger partial charge in [0.25, 0.3) is 0 Å². The van der Waals surface area contributed by atoms with Gasteiger partial charge in [-0.25, -0.2) is 5.84 Å². The Balaban J connectivity index is 0.000000730. The third-order valence-corrected chi connectivity index (χ3v) is 3.89. The third-order valence-electron chi connectivity index (χ3n) is 3.89. The Morgan fingerprint density at radius 3 is 2.00 bits per heavy atom. The Bertz CT molecular complexity index is 705. The molecule has 0 saturated carbocycles. The van der Waals surface area contributed by atoms with Crippen LogP contribution in [0.4, 0.5) is 5.69 Å². The van der Waals surface area contributed by atoms with E-state index in [0.29, 0.717) is 5.70 Å². The summed E-state index contributed by atoms with van der Waals surface area (Å²) in [6.07, 6.45) is 0. The van der Waals surface area contributed by atoms with Gasteiger partial charge in [-0.05, 0) is 11.6 Å². The van der Waals surface area contributed by atoms with Crippen LogP contribution in [0.15, 0.2) is 48.5 Å². The minimum atomic E-state index is 0.703. The van der Waals surface area contributed by atoms with Crippen LogP contribution in [0.1, 0.15) is 44.4 Å². The zero-order chi connectivity index (χ0) is 19.0. The second kappa shape index (κ2) is 9.74. The monoisotopic (exact) mass is 340 g/mol. The van der Waals surface area contributed by atoms with Gasteiger partial charge >= 0.3 is 0 Å². The first kappa shape index (κ1) is 20.6. The Hall–Kier alpha value is -2.46. The van der Waals surface area contributed by atoms with E-state index < -0.39 is 0 Å². The van der Waals surface area contributed by atoms with E-state index in [9.17, 15) is 0 Å². The zero-order valence-electron chi connectivity index (χ0n) is 16.4. The molecule has 1 aliphatic rings. The van der Waals surface area contributed by atoms with Gasteiger partial charge in [0.15, 0.2) is 0 Å². The molecule has 0 aromatic heterocycles. The molecule has 2 aromatic rings. The number of benzene rings is 2. The van der Waals surface area contributed by atoms with Crippen molar-refractivity contribution in [3.8, 4) is 0 Å². The number of anilines is 1. The van der Waals surface area contributed by atoms with E-state index >= 15 is 0 Å². The van der Waals surface area contributed by atoms with Gasteiger partial charge in [0.1, 0.15) is 0 Å². The van der Waals surface area contributed by atoms with Crippen molar-refractivity contribution in [3.63, 3.8) is 0 Å². The molecule has 0 saturated heterocycles. The lowest BCUT2D eigenvalue weighted by Crippen LogP contribution is -2.30. The molecule has 0 unspecified atom stereocenters. The molecule has 3 rings (SSSR count). The second-order valence-corrected chi connectivity index (χ2v) is 5.40. The van der Waals surface area contributed by atoms with Gasteiger partial charge in [-0.2, -0.15) is 0 Å². The second-order valence-electron chi connectivity index (χ2n) is 5.40. The van der Waals surface area contributed by atoms with Gasteiger partial charge in [-0.3, -0.25) is 0 Å². The van der Waals surface area contributed by atoms with E-state index in [4.69, 9.17) is 11.6 Å². The molecule has 136 valence electrons. The quantitative estimate of drug-likeness (QED) is 0.601. The van der Waals surface area contributed by atoms with Crippen LogP contribution in [-0.2, 0) is 6.54 Å². The standard InChI is InChI=1S/C17H20N4.2C2H6/c1-20-11-12-7-3-4-8-13(12)17(21(2)19)16(18)14-9-5-6-10-15(14)20;2*1-2/h3-10H,11,18-19H2,1-2H3;2*1-2H3/b17-16-;;. The predicted molar refractivity (Wildman–Crippen MR) is 111 cm³/mol. The zero-order valence-corrected chi connectivity index (χ0v) is 16.4. The Morgan fingerprint density at radius 1 is 0.880 bits per heavy atom. The fourth-order valence-corrected chi connectivity index (χ4v) is 2.92. The van der Waals surface area contributed by atoms with Gasteiger partial charge in [0.05, 0.1) is 11.4 Å². The highest BCUT2D eigenvalue weighted by Crippen LogP contribution is 2.34. The molecule has 4 N–H and O–H groups in total. The van der Waals surface area contributed by atoms with Gasteiger partial charge in [-0.15, -0.1) is 0 Å². The summed E-state index contributed by atoms with van der Waals surface area (Å²) in [6, 6.07) is 16.4. The molecule has 0 spiro atoms. The Kier molecular flexibility index (Phi) is 8.02. The first-order chi connectivity index (χ1) is 12.1. The smallest absolute Gasteiger partial charge is 0.0826 e. The Morgan fingerprint density at radius 2 is 1.40 bits per heavy atom. The lowest BCUT2D eigenvalue weighted by Gasteiger charge is -2.30. The lowest BCUT2D eigenvalue weighted by atomic mass is 9.96. The summed E-state index contributed by atoms with van der Waals surface area (Å²) in [6.45, 7) is 8.82. The van der Waals surface area contributed by atoms with Crippen molar-refractivity contribution in [2.75, 3.05) is 19.0 Å². The maximum absolute atomic E-state index is 6.47. The molecule has 4 heteroatoms. The molecule has 0 radical (unpaired) electrons. The van der Waals surface area contributed by atoms with Crippen LogP contribution in [0.25, 0.3) is 11.4 Å². The Labute approximate surface area is 152 Å². The van der Waals surface area contributed by atoms with E-state index in [2.05, 4.69) is 30.1 Å². The van der Waals surface area contributed by atoms with Crippen LogP contribution in [0.3, 0.4) is 0 Å². The maximum atomic E-state index is 6.47. The summed E-state index contributed by atoms with van der Waals surface area (Å²) in [5, 5.41) is 1.61. The highest BCUT2D eigenvalue weighted by Gasteiger charge is 2.21. The first-order valence-electron chi connectivity index (χ1n) is 8.96. The third kappa shape index (κ3) is 4.34. The van der Waals surface area contributed by atoms with Crippen molar-refractivity contribution < 1.29 is 0 Å². The molecule has 4 nitrogen and oxygen atoms in total. The number of hydrogen-bond acceptors (Lipinski definition) is 4. The average molecular weight is 341 g/mol. The van der Waals surface area contributed by atoms with Crippen LogP contribution in [0.5, 0.6) is 0 Å². The minimum Gasteiger partial charge on any atom is -0.396 e. The predicted octanol–water partition coefficient (Wildman–Crippen LogP) is 4.28. The van der Waals surface area contributed by atoms with Crippen molar-refractivity contribution >= 4 is 17.1 Å². The number of fused-ring (bicyclic) bond motifs is 2. The highest BCUT2D eigenvalue weighted by atomic mass is 15.4. The van der Waals surface area contributed by atoms with Crippen LogP contribution in [0.2, 0.25) is 0 Å². The minimum absolute atomic E-state index is 0.703. The van der Waals surface area contributed by atoms with Gasteiger partial charge < -0.3 is 15.6 Å². The molecule has 0 atom stereocenters. The maximum Gasteiger partial charge on any atom is 0.0826 e. The lowest BCUT2D eigenvalue weighted by molar-refractivity contribution is 0.510. The summed E-state index contributed by atoms with van der Waals surface area (Å²) in [5.41, 5.74) is 12.5. The highest BCUT2D eigenvalue weighted by molar-refractivity contribution is 5.93. The van der Waals surface area contributed by atoms with Crippen molar-refractivity contribution in [1.29, 1.82) is 0 Å². The van der Waals surface area contributed by atoms with E-state index in [-0.39, 0.29) is 0 Å². The van der Waals surface area contributed by atoms with Gasteiger partial charge in [0, 0.05) is 37.5 Å². The molecule has 0 fully saturated rings. The van der Waals surface area contributed by atoms with Crippen LogP contribution >= 0.6 is 0 Å². The average Bonchev–Trinajstić information content (AvgIpc) is 2.65. The molecule has 0 aliphatic carbocycles. The number of nitrogens with two attached hydrogens (primary N) is 2. The molecule has 0 amide bonds. The molecular formula is C21H32N4. The largest absolute Gasteiger partial charge is 0.396 e. The van der Waals surface area contributed by atoms with Crippen LogP contribution in [0, 0.1) is 0 Å². The van der Waals surface area contributed by atoms with Crippen molar-refractivity contribution in [1.82, 2.24) is 5.01 Å². The summed E-state index contributed by atoms with van der Waals surface area (Å²) in [4.78, 5) is 2.22. The summed E-state index contributed by atoms with van der Waals surface area (Å²) >= 11 is 0. The van der Waals surface area contributed by atoms with Crippen molar-refractivity contribution in [3.05, 3.63) is 65.2 Å². The normalized spacial score (nSPS) is 15.2. The van der Waals surface area contributed by atoms with Crippen LogP contribution < -0.4 is 16.5 Å². The molecule has 2 aromatic carbocycles. The number of hydrogen-bond donors (Lipinski definition) is 2. The molecule has 1 heterocycles. The van der Waals surface area contributed by atoms with Gasteiger partial charge in [0.2, 0.25) is 0 Å². The summed E-state index contributed by atoms with van der Waals surface area (Å²) < 4.78 is 0. The summed E-state index contributed by atoms with van der Waals surface area (Å²) in [7, 11) is 3.91. The summed E-state index contributed by atoms with van der Waals surface area (Å²) in [5.74, 6) is 6.07. The molecule has 25 heavy (non-hydrogen) atoms. The number of para-hydroxylation sites is 1. The van der Waals surface area contributed by atoms with E-state index in [1.54, 1.807) is 5.01 Å². The van der Waals surface area contributed by atoms with Crippen molar-refractivity contribution in [2.24, 2.45) is 11.6 Å². The fraction of sp³-hybridized carbons (Fsp3) is 0.333. The van der Waals surface area contributed by atoms with E-state index in [0.717, 1.165) is 29.1 Å². The first-order valence-corrected chi connectivity index (χ1v) is 8.96. The SMILES string of the molecule is CC.CC.CN(N)/C1=C(\N)c2ccccc2N(C)Cc2ccccc21. The molecular weight excluding hydrogens is 308 g/mol. The number of hydrazine groups is 1. The van der Waals surface area contributed by atoms with Crippen molar-refractivity contribution in [2.45, 2.75) is 34.2 Å². The van der Waals surface area contributed by atoms with E-state index in [1.807, 2.05) is 65.1 Å². The number of nitrogens with zero attached hydrogens (tertiary/aromatic N) is 2. The van der Waals surface area contributed by atoms with E-state index in [1.165, 1.54) is 5.56 Å². The molecule has 0 bridgehead atoms.